The first kappa shape index (κ1) is 22.9. The first-order valence-corrected chi connectivity index (χ1v) is 11.3. The molecule has 4 rings (SSSR count). The fraction of sp³-hybridized carbons (Fsp3) is 0.276. The van der Waals surface area contributed by atoms with Crippen LogP contribution in [0.4, 0.5) is 0 Å². The van der Waals surface area contributed by atoms with Gasteiger partial charge in [-0.25, -0.2) is 15.0 Å². The minimum absolute atomic E-state index is 0.0900. The first-order valence-electron chi connectivity index (χ1n) is 11.3. The van der Waals surface area contributed by atoms with Gasteiger partial charge in [0.15, 0.2) is 17.5 Å². The molecule has 0 amide bonds. The van der Waals surface area contributed by atoms with Crippen molar-refractivity contribution in [2.45, 2.75) is 52.4 Å². The number of rotatable bonds is 3. The molecule has 0 bridgehead atoms. The van der Waals surface area contributed by atoms with Gasteiger partial charge < -0.3 is 0 Å². The van der Waals surface area contributed by atoms with Gasteiger partial charge in [-0.3, -0.25) is 0 Å². The van der Waals surface area contributed by atoms with Crippen molar-refractivity contribution >= 4 is 13.3 Å². The molecule has 0 aliphatic rings. The summed E-state index contributed by atoms with van der Waals surface area (Å²) in [6.45, 7) is 13.3. The van der Waals surface area contributed by atoms with Crippen molar-refractivity contribution in [1.29, 1.82) is 0 Å². The quantitative estimate of drug-likeness (QED) is 0.359. The molecule has 0 fully saturated rings. The third-order valence-corrected chi connectivity index (χ3v) is 5.82. The normalized spacial score (nSPS) is 12.1. The Balaban J connectivity index is 1.83. The lowest BCUT2D eigenvalue weighted by Gasteiger charge is -2.19. The number of hydrogen-bond acceptors (Lipinski definition) is 3. The lowest BCUT2D eigenvalue weighted by atomic mass is 9.86. The van der Waals surface area contributed by atoms with Crippen molar-refractivity contribution in [2.24, 2.45) is 0 Å². The summed E-state index contributed by atoms with van der Waals surface area (Å²) < 4.78 is 0. The van der Waals surface area contributed by atoms with Gasteiger partial charge in [-0.15, -0.1) is 0 Å². The van der Waals surface area contributed by atoms with Gasteiger partial charge >= 0.3 is 0 Å². The van der Waals surface area contributed by atoms with E-state index in [9.17, 15) is 0 Å². The Morgan fingerprint density at radius 1 is 0.455 bits per heavy atom. The Kier molecular flexibility index (Phi) is 5.96. The van der Waals surface area contributed by atoms with Gasteiger partial charge in [-0.2, -0.15) is 0 Å². The molecule has 1 aromatic heterocycles. The summed E-state index contributed by atoms with van der Waals surface area (Å²) >= 11 is 0. The van der Waals surface area contributed by atoms with Crippen molar-refractivity contribution < 1.29 is 0 Å². The molecule has 4 heteroatoms. The predicted molar refractivity (Wildman–Crippen MR) is 139 cm³/mol. The van der Waals surface area contributed by atoms with Crippen LogP contribution in [-0.4, -0.2) is 22.8 Å². The van der Waals surface area contributed by atoms with E-state index in [1.807, 2.05) is 24.3 Å². The standard InChI is InChI=1S/C29H30BN3/c1-28(2,3)22-13-7-19(8-14-22)25-31-26(20-9-15-23(16-10-20)29(4,5)6)33-27(32-25)21-11-17-24(30)18-12-21/h7-18H,1-6H3. The van der Waals surface area contributed by atoms with E-state index < -0.39 is 0 Å². The zero-order chi connectivity index (χ0) is 23.8. The van der Waals surface area contributed by atoms with Crippen molar-refractivity contribution in [3.8, 4) is 34.2 Å². The largest absolute Gasteiger partial charge is 0.208 e. The molecular weight excluding hydrogens is 401 g/mol. The fourth-order valence-corrected chi connectivity index (χ4v) is 3.63. The monoisotopic (exact) mass is 431 g/mol. The molecule has 0 N–H and O–H groups in total. The van der Waals surface area contributed by atoms with E-state index in [4.69, 9.17) is 22.8 Å². The highest BCUT2D eigenvalue weighted by Crippen LogP contribution is 2.29. The van der Waals surface area contributed by atoms with Crippen molar-refractivity contribution in [3.05, 3.63) is 83.9 Å². The Morgan fingerprint density at radius 3 is 1.00 bits per heavy atom. The molecule has 0 unspecified atom stereocenters. The molecule has 33 heavy (non-hydrogen) atoms. The zero-order valence-corrected chi connectivity index (χ0v) is 20.3. The predicted octanol–water partition coefficient (Wildman–Crippen LogP) is 6.26. The van der Waals surface area contributed by atoms with Crippen LogP contribution in [0.1, 0.15) is 52.7 Å². The third-order valence-electron chi connectivity index (χ3n) is 5.82. The Labute approximate surface area is 198 Å². The maximum Gasteiger partial charge on any atom is 0.164 e. The van der Waals surface area contributed by atoms with Gasteiger partial charge in [-0.05, 0) is 22.0 Å². The highest BCUT2D eigenvalue weighted by molar-refractivity contribution is 6.32. The van der Waals surface area contributed by atoms with Gasteiger partial charge in [-0.1, -0.05) is 120 Å². The van der Waals surface area contributed by atoms with E-state index in [0.717, 1.165) is 16.7 Å². The minimum atomic E-state index is 0.0900. The smallest absolute Gasteiger partial charge is 0.164 e. The zero-order valence-electron chi connectivity index (χ0n) is 20.3. The second kappa shape index (κ2) is 8.59. The molecule has 3 nitrogen and oxygen atoms in total. The van der Waals surface area contributed by atoms with Gasteiger partial charge in [0.2, 0.25) is 0 Å². The average molecular weight is 431 g/mol. The lowest BCUT2D eigenvalue weighted by molar-refractivity contribution is 0.590. The molecule has 0 saturated heterocycles. The number of hydrogen-bond donors (Lipinski definition) is 0. The molecule has 0 aliphatic carbocycles. The van der Waals surface area contributed by atoms with Gasteiger partial charge in [0.25, 0.3) is 0 Å². The summed E-state index contributed by atoms with van der Waals surface area (Å²) in [6, 6.07) is 24.6. The first-order chi connectivity index (χ1) is 15.5. The van der Waals surface area contributed by atoms with E-state index in [-0.39, 0.29) is 10.8 Å². The van der Waals surface area contributed by atoms with Gasteiger partial charge in [0, 0.05) is 16.7 Å². The summed E-state index contributed by atoms with van der Waals surface area (Å²) in [7, 11) is 5.89. The summed E-state index contributed by atoms with van der Waals surface area (Å²) in [5, 5.41) is 0. The van der Waals surface area contributed by atoms with Crippen LogP contribution in [0.15, 0.2) is 72.8 Å². The fourth-order valence-electron chi connectivity index (χ4n) is 3.63. The maximum atomic E-state index is 5.89. The van der Waals surface area contributed by atoms with E-state index in [0.29, 0.717) is 22.9 Å². The molecule has 1 heterocycles. The lowest BCUT2D eigenvalue weighted by Crippen LogP contribution is -2.11. The summed E-state index contributed by atoms with van der Waals surface area (Å²) in [4.78, 5) is 14.5. The molecule has 3 aromatic carbocycles. The molecule has 0 saturated carbocycles. The molecule has 4 aromatic rings. The Hall–Kier alpha value is -3.27. The van der Waals surface area contributed by atoms with Crippen LogP contribution in [0, 0.1) is 0 Å². The van der Waals surface area contributed by atoms with E-state index in [1.165, 1.54) is 11.1 Å². The second-order valence-corrected chi connectivity index (χ2v) is 10.6. The summed E-state index contributed by atoms with van der Waals surface area (Å²) in [6.07, 6.45) is 0. The van der Waals surface area contributed by atoms with Crippen molar-refractivity contribution in [1.82, 2.24) is 15.0 Å². The van der Waals surface area contributed by atoms with Gasteiger partial charge in [0.05, 0.1) is 0 Å². The van der Waals surface area contributed by atoms with Crippen LogP contribution in [-0.2, 0) is 10.8 Å². The summed E-state index contributed by atoms with van der Waals surface area (Å²) in [5.74, 6) is 1.95. The van der Waals surface area contributed by atoms with Crippen molar-refractivity contribution in [3.63, 3.8) is 0 Å². The Morgan fingerprint density at radius 2 is 0.727 bits per heavy atom. The van der Waals surface area contributed by atoms with Crippen LogP contribution in [0.5, 0.6) is 0 Å². The number of aromatic nitrogens is 3. The van der Waals surface area contributed by atoms with Crippen LogP contribution < -0.4 is 5.46 Å². The van der Waals surface area contributed by atoms with Crippen LogP contribution in [0.25, 0.3) is 34.2 Å². The molecule has 0 atom stereocenters. The van der Waals surface area contributed by atoms with Crippen LogP contribution in [0.2, 0.25) is 0 Å². The average Bonchev–Trinajstić information content (AvgIpc) is 2.78. The van der Waals surface area contributed by atoms with Crippen molar-refractivity contribution in [2.75, 3.05) is 0 Å². The Bertz CT molecular complexity index is 1170. The molecule has 2 radical (unpaired) electrons. The van der Waals surface area contributed by atoms with Gasteiger partial charge in [0.1, 0.15) is 7.85 Å². The highest BCUT2D eigenvalue weighted by Gasteiger charge is 2.17. The molecule has 0 aliphatic heterocycles. The van der Waals surface area contributed by atoms with E-state index in [2.05, 4.69) is 90.1 Å². The van der Waals surface area contributed by atoms with Crippen LogP contribution in [0.3, 0.4) is 0 Å². The maximum absolute atomic E-state index is 5.89. The number of nitrogens with zero attached hydrogens (tertiary/aromatic N) is 3. The van der Waals surface area contributed by atoms with Crippen LogP contribution >= 0.6 is 0 Å². The topological polar surface area (TPSA) is 38.7 Å². The highest BCUT2D eigenvalue weighted by atomic mass is 15.0. The minimum Gasteiger partial charge on any atom is -0.208 e. The van der Waals surface area contributed by atoms with E-state index in [1.54, 1.807) is 0 Å². The molecule has 164 valence electrons. The number of benzene rings is 3. The molecule has 0 spiro atoms. The third kappa shape index (κ3) is 5.22. The van der Waals surface area contributed by atoms with E-state index >= 15 is 0 Å². The second-order valence-electron chi connectivity index (χ2n) is 10.6. The molecular formula is C29H30BN3. The SMILES string of the molecule is [B]c1ccc(-c2nc(-c3ccc(C(C)(C)C)cc3)nc(-c3ccc(C(C)(C)C)cc3)n2)cc1. The summed E-state index contributed by atoms with van der Waals surface area (Å²) in [5.41, 5.74) is 6.29.